The van der Waals surface area contributed by atoms with E-state index in [0.29, 0.717) is 6.04 Å². The Balaban J connectivity index is 1.94. The second kappa shape index (κ2) is 4.82. The molecule has 1 aliphatic carbocycles. The Bertz CT molecular complexity index is 457. The average molecular weight is 259 g/mol. The van der Waals surface area contributed by atoms with Crippen LogP contribution in [-0.2, 0) is 5.41 Å². The topological polar surface area (TPSA) is 21.3 Å². The van der Waals surface area contributed by atoms with Crippen LogP contribution in [0, 0.1) is 0 Å². The van der Waals surface area contributed by atoms with Crippen LogP contribution in [0.2, 0.25) is 0 Å². The highest BCUT2D eigenvalue weighted by Crippen LogP contribution is 2.37. The van der Waals surface area contributed by atoms with Gasteiger partial charge in [0.25, 0.3) is 0 Å². The minimum atomic E-state index is 0.200. The summed E-state index contributed by atoms with van der Waals surface area (Å²) < 4.78 is 5.91. The predicted octanol–water partition coefficient (Wildman–Crippen LogP) is 3.95. The summed E-state index contributed by atoms with van der Waals surface area (Å²) >= 11 is 0. The summed E-state index contributed by atoms with van der Waals surface area (Å²) in [7, 11) is 0. The molecular weight excluding hydrogens is 234 g/mol. The van der Waals surface area contributed by atoms with Crippen LogP contribution in [0.3, 0.4) is 0 Å². The molecule has 104 valence electrons. The number of hydrogen-bond acceptors (Lipinski definition) is 2. The maximum Gasteiger partial charge on any atom is 0.124 e. The number of nitrogens with one attached hydrogen (secondary N) is 1. The van der Waals surface area contributed by atoms with E-state index in [-0.39, 0.29) is 5.41 Å². The summed E-state index contributed by atoms with van der Waals surface area (Å²) in [6.07, 6.45) is 5.01. The van der Waals surface area contributed by atoms with E-state index in [2.05, 4.69) is 44.3 Å². The molecule has 0 radical (unpaired) electrons. The molecule has 1 atom stereocenters. The Hall–Kier alpha value is -1.02. The lowest BCUT2D eigenvalue weighted by atomic mass is 9.85. The van der Waals surface area contributed by atoms with Gasteiger partial charge in [0, 0.05) is 17.6 Å². The van der Waals surface area contributed by atoms with Crippen molar-refractivity contribution in [1.29, 1.82) is 0 Å². The fraction of sp³-hybridized carbons (Fsp3) is 0.647. The highest BCUT2D eigenvalue weighted by atomic mass is 16.5. The maximum absolute atomic E-state index is 5.91. The number of ether oxygens (including phenoxy) is 1. The summed E-state index contributed by atoms with van der Waals surface area (Å²) in [6.45, 7) is 7.67. The van der Waals surface area contributed by atoms with Gasteiger partial charge in [-0.1, -0.05) is 26.8 Å². The molecular formula is C17H25NO. The second-order valence-electron chi connectivity index (χ2n) is 6.99. The van der Waals surface area contributed by atoms with Crippen molar-refractivity contribution in [3.63, 3.8) is 0 Å². The van der Waals surface area contributed by atoms with Crippen LogP contribution in [0.1, 0.15) is 63.6 Å². The van der Waals surface area contributed by atoms with E-state index in [0.717, 1.165) is 24.8 Å². The first kappa shape index (κ1) is 13.0. The van der Waals surface area contributed by atoms with Gasteiger partial charge in [0.2, 0.25) is 0 Å². The first-order valence-corrected chi connectivity index (χ1v) is 7.57. The third-order valence-electron chi connectivity index (χ3n) is 4.16. The van der Waals surface area contributed by atoms with Gasteiger partial charge < -0.3 is 10.1 Å². The fourth-order valence-electron chi connectivity index (χ4n) is 2.75. The molecule has 0 amide bonds. The lowest BCUT2D eigenvalue weighted by Gasteiger charge is -2.24. The molecule has 1 fully saturated rings. The van der Waals surface area contributed by atoms with E-state index >= 15 is 0 Å². The van der Waals surface area contributed by atoms with Gasteiger partial charge in [-0.25, -0.2) is 0 Å². The second-order valence-corrected chi connectivity index (χ2v) is 6.99. The van der Waals surface area contributed by atoms with Crippen LogP contribution in [-0.4, -0.2) is 12.6 Å². The van der Waals surface area contributed by atoms with Crippen LogP contribution in [0.4, 0.5) is 0 Å². The fourth-order valence-corrected chi connectivity index (χ4v) is 2.75. The zero-order valence-electron chi connectivity index (χ0n) is 12.3. The molecule has 1 aromatic carbocycles. The van der Waals surface area contributed by atoms with Crippen molar-refractivity contribution in [3.8, 4) is 5.75 Å². The van der Waals surface area contributed by atoms with Gasteiger partial charge in [-0.3, -0.25) is 0 Å². The van der Waals surface area contributed by atoms with E-state index in [1.165, 1.54) is 30.4 Å². The van der Waals surface area contributed by atoms with E-state index in [1.807, 2.05) is 0 Å². The average Bonchev–Trinajstić information content (AvgIpc) is 3.16. The van der Waals surface area contributed by atoms with Crippen molar-refractivity contribution in [1.82, 2.24) is 5.32 Å². The molecule has 1 aromatic rings. The highest BCUT2D eigenvalue weighted by molar-refractivity contribution is 5.42. The highest BCUT2D eigenvalue weighted by Gasteiger charge is 2.28. The Morgan fingerprint density at radius 1 is 1.16 bits per heavy atom. The molecule has 0 spiro atoms. The zero-order valence-corrected chi connectivity index (χ0v) is 12.3. The third-order valence-corrected chi connectivity index (χ3v) is 4.16. The molecule has 19 heavy (non-hydrogen) atoms. The first-order valence-electron chi connectivity index (χ1n) is 7.57. The predicted molar refractivity (Wildman–Crippen MR) is 78.8 cm³/mol. The normalized spacial score (nSPS) is 23.4. The van der Waals surface area contributed by atoms with Crippen LogP contribution >= 0.6 is 0 Å². The molecule has 1 unspecified atom stereocenters. The van der Waals surface area contributed by atoms with Gasteiger partial charge in [0.15, 0.2) is 0 Å². The van der Waals surface area contributed by atoms with Crippen LogP contribution < -0.4 is 10.1 Å². The minimum absolute atomic E-state index is 0.200. The number of rotatable bonds is 2. The number of fused-ring (bicyclic) bond motifs is 1. The summed E-state index contributed by atoms with van der Waals surface area (Å²) in [4.78, 5) is 0. The van der Waals surface area contributed by atoms with Crippen molar-refractivity contribution < 1.29 is 4.74 Å². The Morgan fingerprint density at radius 2 is 1.95 bits per heavy atom. The quantitative estimate of drug-likeness (QED) is 0.868. The van der Waals surface area contributed by atoms with Gasteiger partial charge in [-0.15, -0.1) is 0 Å². The van der Waals surface area contributed by atoms with Gasteiger partial charge >= 0.3 is 0 Å². The van der Waals surface area contributed by atoms with Crippen molar-refractivity contribution >= 4 is 0 Å². The van der Waals surface area contributed by atoms with E-state index in [1.54, 1.807) is 0 Å². The molecule has 2 heteroatoms. The maximum atomic E-state index is 5.91. The number of benzene rings is 1. The SMILES string of the molecule is CC(C)(C)c1ccc2c(c1)C(NC1CC1)CCCO2. The molecule has 3 rings (SSSR count). The molecule has 1 saturated carbocycles. The largest absolute Gasteiger partial charge is 0.493 e. The van der Waals surface area contributed by atoms with Gasteiger partial charge in [-0.2, -0.15) is 0 Å². The van der Waals surface area contributed by atoms with Crippen LogP contribution in [0.25, 0.3) is 0 Å². The molecule has 1 N–H and O–H groups in total. The molecule has 1 heterocycles. The van der Waals surface area contributed by atoms with Gasteiger partial charge in [0.1, 0.15) is 5.75 Å². The standard InChI is InChI=1S/C17H25NO/c1-17(2,3)12-6-9-16-14(11-12)15(5-4-10-19-16)18-13-7-8-13/h6,9,11,13,15,18H,4-5,7-8,10H2,1-3H3. The minimum Gasteiger partial charge on any atom is -0.493 e. The first-order chi connectivity index (χ1) is 9.04. The van der Waals surface area contributed by atoms with Crippen molar-refractivity contribution in [2.45, 2.75) is 64.0 Å². The number of hydrogen-bond donors (Lipinski definition) is 1. The monoisotopic (exact) mass is 259 g/mol. The van der Waals surface area contributed by atoms with E-state index < -0.39 is 0 Å². The van der Waals surface area contributed by atoms with Crippen molar-refractivity contribution in [2.75, 3.05) is 6.61 Å². The van der Waals surface area contributed by atoms with Crippen molar-refractivity contribution in [2.24, 2.45) is 0 Å². The van der Waals surface area contributed by atoms with E-state index in [4.69, 9.17) is 4.74 Å². The molecule has 0 aromatic heterocycles. The zero-order chi connectivity index (χ0) is 13.5. The Labute approximate surface area is 116 Å². The molecule has 2 nitrogen and oxygen atoms in total. The lowest BCUT2D eigenvalue weighted by Crippen LogP contribution is -2.23. The Morgan fingerprint density at radius 3 is 2.63 bits per heavy atom. The molecule has 0 bridgehead atoms. The summed E-state index contributed by atoms with van der Waals surface area (Å²) in [5, 5.41) is 3.79. The summed E-state index contributed by atoms with van der Waals surface area (Å²) in [5.74, 6) is 1.09. The van der Waals surface area contributed by atoms with Crippen LogP contribution in [0.5, 0.6) is 5.75 Å². The van der Waals surface area contributed by atoms with Gasteiger partial charge in [-0.05, 0) is 48.8 Å². The lowest BCUT2D eigenvalue weighted by molar-refractivity contribution is 0.315. The molecule has 0 saturated heterocycles. The molecule has 2 aliphatic rings. The third kappa shape index (κ3) is 2.94. The smallest absolute Gasteiger partial charge is 0.124 e. The summed E-state index contributed by atoms with van der Waals surface area (Å²) in [6, 6.07) is 7.98. The van der Waals surface area contributed by atoms with E-state index in [9.17, 15) is 0 Å². The van der Waals surface area contributed by atoms with Gasteiger partial charge in [0.05, 0.1) is 6.61 Å². The molecule has 1 aliphatic heterocycles. The Kier molecular flexibility index (Phi) is 3.30. The summed E-state index contributed by atoms with van der Waals surface area (Å²) in [5.41, 5.74) is 2.97. The van der Waals surface area contributed by atoms with Crippen LogP contribution in [0.15, 0.2) is 18.2 Å². The van der Waals surface area contributed by atoms with Crippen molar-refractivity contribution in [3.05, 3.63) is 29.3 Å².